The van der Waals surface area contributed by atoms with E-state index in [1.807, 2.05) is 0 Å². The Bertz CT molecular complexity index is 469. The molecule has 0 saturated carbocycles. The fourth-order valence-corrected chi connectivity index (χ4v) is 1.57. The maximum atomic E-state index is 13.0. The first-order valence-corrected chi connectivity index (χ1v) is 6.32. The summed E-state index contributed by atoms with van der Waals surface area (Å²) in [6.07, 6.45) is -13.3. The third-order valence-electron chi connectivity index (χ3n) is 2.71. The molecular formula is C11H15F6N3O3. The van der Waals surface area contributed by atoms with Gasteiger partial charge in [0.2, 0.25) is 0 Å². The number of hydrogen-bond acceptors (Lipinski definition) is 6. The summed E-state index contributed by atoms with van der Waals surface area (Å²) in [5, 5.41) is 4.78. The third kappa shape index (κ3) is 3.85. The Balaban J connectivity index is 3.02. The van der Waals surface area contributed by atoms with Crippen molar-refractivity contribution in [2.24, 2.45) is 10.3 Å². The van der Waals surface area contributed by atoms with Crippen molar-refractivity contribution in [3.05, 3.63) is 0 Å². The molecular weight excluding hydrogens is 336 g/mol. The van der Waals surface area contributed by atoms with Crippen LogP contribution in [-0.2, 0) is 14.4 Å². The maximum absolute atomic E-state index is 13.0. The number of alkyl halides is 6. The lowest BCUT2D eigenvalue weighted by molar-refractivity contribution is -0.395. The normalized spacial score (nSPS) is 19.8. The minimum Gasteiger partial charge on any atom is -0.458 e. The molecule has 1 unspecified atom stereocenters. The molecule has 1 heterocycles. The van der Waals surface area contributed by atoms with Crippen molar-refractivity contribution in [2.75, 3.05) is 6.54 Å². The van der Waals surface area contributed by atoms with Gasteiger partial charge >= 0.3 is 18.3 Å². The Morgan fingerprint density at radius 2 is 1.61 bits per heavy atom. The summed E-state index contributed by atoms with van der Waals surface area (Å²) in [6, 6.07) is 0. The highest BCUT2D eigenvalue weighted by molar-refractivity contribution is 5.74. The van der Waals surface area contributed by atoms with Crippen LogP contribution in [-0.4, -0.2) is 47.3 Å². The van der Waals surface area contributed by atoms with Crippen LogP contribution in [0.3, 0.4) is 0 Å². The largest absolute Gasteiger partial charge is 0.458 e. The van der Waals surface area contributed by atoms with E-state index in [0.717, 1.165) is 6.92 Å². The molecule has 0 aromatic rings. The average molecular weight is 351 g/mol. The maximum Gasteiger partial charge on any atom is 0.426 e. The standard InChI is InChI=1S/C11H15F6N3O3/c1-6(7(21)22-8(2,3)4)23-20-9(5-18-19-20,10(12,13)14)11(15,16)17/h6H,5H2,1-4H3. The number of carbonyl (C=O) groups is 1. The van der Waals surface area contributed by atoms with Gasteiger partial charge in [0.15, 0.2) is 6.10 Å². The van der Waals surface area contributed by atoms with Gasteiger partial charge < -0.3 is 4.74 Å². The summed E-state index contributed by atoms with van der Waals surface area (Å²) in [5.74, 6) is -1.14. The Labute approximate surface area is 127 Å². The molecule has 0 aromatic heterocycles. The van der Waals surface area contributed by atoms with E-state index in [2.05, 4.69) is 15.2 Å². The van der Waals surface area contributed by atoms with Crippen molar-refractivity contribution in [3.8, 4) is 0 Å². The molecule has 1 aliphatic heterocycles. The van der Waals surface area contributed by atoms with E-state index in [1.165, 1.54) is 20.8 Å². The molecule has 0 bridgehead atoms. The molecule has 0 amide bonds. The van der Waals surface area contributed by atoms with E-state index in [4.69, 9.17) is 4.74 Å². The van der Waals surface area contributed by atoms with Crippen molar-refractivity contribution in [1.82, 2.24) is 5.17 Å². The minimum atomic E-state index is -5.78. The minimum absolute atomic E-state index is 0.721. The second-order valence-corrected chi connectivity index (χ2v) is 5.80. The zero-order valence-electron chi connectivity index (χ0n) is 12.6. The molecule has 0 aromatic carbocycles. The predicted octanol–water partition coefficient (Wildman–Crippen LogP) is 3.19. The van der Waals surface area contributed by atoms with Gasteiger partial charge in [-0.15, -0.1) is 5.17 Å². The van der Waals surface area contributed by atoms with Gasteiger partial charge in [-0.2, -0.15) is 31.5 Å². The lowest BCUT2D eigenvalue weighted by atomic mass is 9.99. The summed E-state index contributed by atoms with van der Waals surface area (Å²) in [4.78, 5) is 16.1. The number of hydroxylamine groups is 1. The number of ether oxygens (including phenoxy) is 1. The molecule has 23 heavy (non-hydrogen) atoms. The second kappa shape index (κ2) is 5.80. The average Bonchev–Trinajstić information content (AvgIpc) is 2.69. The molecule has 6 nitrogen and oxygen atoms in total. The Morgan fingerprint density at radius 1 is 1.13 bits per heavy atom. The highest BCUT2D eigenvalue weighted by atomic mass is 19.4. The summed E-state index contributed by atoms with van der Waals surface area (Å²) >= 11 is 0. The molecule has 1 rings (SSSR count). The summed E-state index contributed by atoms with van der Waals surface area (Å²) in [7, 11) is 0. The fourth-order valence-electron chi connectivity index (χ4n) is 1.57. The van der Waals surface area contributed by atoms with E-state index in [1.54, 1.807) is 0 Å². The second-order valence-electron chi connectivity index (χ2n) is 5.80. The molecule has 0 N–H and O–H groups in total. The van der Waals surface area contributed by atoms with Gasteiger partial charge in [0.05, 0.1) is 0 Å². The fraction of sp³-hybridized carbons (Fsp3) is 0.909. The van der Waals surface area contributed by atoms with Gasteiger partial charge in [0.25, 0.3) is 5.54 Å². The van der Waals surface area contributed by atoms with Crippen LogP contribution in [0.15, 0.2) is 10.3 Å². The van der Waals surface area contributed by atoms with E-state index >= 15 is 0 Å². The predicted molar refractivity (Wildman–Crippen MR) is 62.8 cm³/mol. The molecule has 0 radical (unpaired) electrons. The zero-order chi connectivity index (χ0) is 18.3. The number of nitrogens with zero attached hydrogens (tertiary/aromatic N) is 3. The van der Waals surface area contributed by atoms with Crippen molar-refractivity contribution < 1.29 is 40.7 Å². The summed E-state index contributed by atoms with van der Waals surface area (Å²) < 4.78 is 82.9. The molecule has 1 aliphatic rings. The Hall–Kier alpha value is -1.59. The number of halogens is 6. The van der Waals surface area contributed by atoms with Gasteiger partial charge in [-0.1, -0.05) is 0 Å². The van der Waals surface area contributed by atoms with Crippen molar-refractivity contribution in [2.45, 2.75) is 57.3 Å². The van der Waals surface area contributed by atoms with Crippen LogP contribution >= 0.6 is 0 Å². The van der Waals surface area contributed by atoms with E-state index in [-0.39, 0.29) is 0 Å². The monoisotopic (exact) mass is 351 g/mol. The quantitative estimate of drug-likeness (QED) is 0.579. The number of hydrogen-bond donors (Lipinski definition) is 0. The molecule has 134 valence electrons. The van der Waals surface area contributed by atoms with Crippen LogP contribution < -0.4 is 0 Å². The van der Waals surface area contributed by atoms with Gasteiger partial charge in [-0.3, -0.25) is 0 Å². The first-order valence-electron chi connectivity index (χ1n) is 6.32. The lowest BCUT2D eigenvalue weighted by Gasteiger charge is -2.38. The number of carbonyl (C=O) groups excluding carboxylic acids is 1. The van der Waals surface area contributed by atoms with Crippen molar-refractivity contribution >= 4 is 5.97 Å². The van der Waals surface area contributed by atoms with E-state index < -0.39 is 47.3 Å². The molecule has 0 fully saturated rings. The van der Waals surface area contributed by atoms with Crippen LogP contribution in [0.1, 0.15) is 27.7 Å². The smallest absolute Gasteiger partial charge is 0.426 e. The molecule has 0 spiro atoms. The van der Waals surface area contributed by atoms with Crippen molar-refractivity contribution in [3.63, 3.8) is 0 Å². The van der Waals surface area contributed by atoms with Crippen LogP contribution in [0.5, 0.6) is 0 Å². The van der Waals surface area contributed by atoms with Gasteiger partial charge in [-0.25, -0.2) is 9.63 Å². The molecule has 1 atom stereocenters. The van der Waals surface area contributed by atoms with Crippen LogP contribution in [0, 0.1) is 0 Å². The van der Waals surface area contributed by atoms with Gasteiger partial charge in [0.1, 0.15) is 12.1 Å². The first kappa shape index (κ1) is 19.5. The zero-order valence-corrected chi connectivity index (χ0v) is 12.6. The molecule has 0 saturated heterocycles. The molecule has 12 heteroatoms. The Kier molecular flexibility index (Phi) is 4.91. The lowest BCUT2D eigenvalue weighted by Crippen LogP contribution is -2.66. The molecule has 0 aliphatic carbocycles. The van der Waals surface area contributed by atoms with Crippen molar-refractivity contribution in [1.29, 1.82) is 0 Å². The van der Waals surface area contributed by atoms with Crippen LogP contribution in [0.25, 0.3) is 0 Å². The highest BCUT2D eigenvalue weighted by Crippen LogP contribution is 2.50. The topological polar surface area (TPSA) is 63.5 Å². The van der Waals surface area contributed by atoms with Crippen LogP contribution in [0.2, 0.25) is 0 Å². The van der Waals surface area contributed by atoms with E-state index in [9.17, 15) is 31.1 Å². The first-order chi connectivity index (χ1) is 10.1. The van der Waals surface area contributed by atoms with Crippen LogP contribution in [0.4, 0.5) is 26.3 Å². The third-order valence-corrected chi connectivity index (χ3v) is 2.71. The summed E-state index contributed by atoms with van der Waals surface area (Å²) in [5.41, 5.74) is -5.44. The number of esters is 1. The summed E-state index contributed by atoms with van der Waals surface area (Å²) in [6.45, 7) is 3.65. The van der Waals surface area contributed by atoms with Gasteiger partial charge in [-0.05, 0) is 32.9 Å². The Morgan fingerprint density at radius 3 is 2.00 bits per heavy atom. The number of rotatable bonds is 3. The van der Waals surface area contributed by atoms with E-state index in [0.29, 0.717) is 0 Å². The SMILES string of the molecule is CC(ON1N=NCC1(C(F)(F)F)C(F)(F)F)C(=O)OC(C)(C)C. The van der Waals surface area contributed by atoms with Gasteiger partial charge in [0, 0.05) is 0 Å². The highest BCUT2D eigenvalue weighted by Gasteiger charge is 2.77.